The number of hydrogen-bond donors (Lipinski definition) is 1. The van der Waals surface area contributed by atoms with Crippen LogP contribution in [0.5, 0.6) is 0 Å². The Labute approximate surface area is 132 Å². The van der Waals surface area contributed by atoms with Crippen molar-refractivity contribution in [2.75, 3.05) is 6.54 Å². The number of nitrogens with zero attached hydrogens (tertiary/aromatic N) is 3. The first-order chi connectivity index (χ1) is 10.7. The number of nitrogens with one attached hydrogen (secondary N) is 1. The highest BCUT2D eigenvalue weighted by molar-refractivity contribution is 6.31. The second-order valence-corrected chi connectivity index (χ2v) is 5.75. The average Bonchev–Trinajstić information content (AvgIpc) is 3.05. The molecule has 1 amide bonds. The summed E-state index contributed by atoms with van der Waals surface area (Å²) < 4.78 is 13.9. The van der Waals surface area contributed by atoms with Gasteiger partial charge in [0.1, 0.15) is 18.0 Å². The molecule has 3 rings (SSSR count). The molecule has 116 valence electrons. The van der Waals surface area contributed by atoms with E-state index in [1.807, 2.05) is 0 Å². The lowest BCUT2D eigenvalue weighted by molar-refractivity contribution is -0.134. The summed E-state index contributed by atoms with van der Waals surface area (Å²) in [5.41, 5.74) is 0.246. The van der Waals surface area contributed by atoms with Crippen LogP contribution in [0.25, 0.3) is 0 Å². The van der Waals surface area contributed by atoms with E-state index in [0.29, 0.717) is 12.4 Å². The number of likely N-dealkylation sites (tertiary alicyclic amines) is 1. The Morgan fingerprint density at radius 2 is 2.32 bits per heavy atom. The molecule has 1 atom stereocenters. The van der Waals surface area contributed by atoms with Crippen LogP contribution in [0.1, 0.15) is 36.7 Å². The molecule has 2 heterocycles. The fraction of sp³-hybridized carbons (Fsp3) is 0.400. The highest BCUT2D eigenvalue weighted by Crippen LogP contribution is 2.30. The largest absolute Gasteiger partial charge is 0.332 e. The molecule has 0 saturated carbocycles. The summed E-state index contributed by atoms with van der Waals surface area (Å²) in [6, 6.07) is 4.31. The smallest absolute Gasteiger partial charge is 0.227 e. The van der Waals surface area contributed by atoms with Gasteiger partial charge in [0.05, 0.1) is 12.5 Å². The van der Waals surface area contributed by atoms with Crippen molar-refractivity contribution in [1.29, 1.82) is 0 Å². The first-order valence-electron chi connectivity index (χ1n) is 7.24. The Hall–Kier alpha value is -1.95. The van der Waals surface area contributed by atoms with Gasteiger partial charge in [0.25, 0.3) is 0 Å². The lowest BCUT2D eigenvalue weighted by Gasteiger charge is -2.34. The van der Waals surface area contributed by atoms with Gasteiger partial charge in [-0.05, 0) is 31.4 Å². The van der Waals surface area contributed by atoms with Crippen molar-refractivity contribution < 1.29 is 9.18 Å². The summed E-state index contributed by atoms with van der Waals surface area (Å²) in [7, 11) is 0. The van der Waals surface area contributed by atoms with Gasteiger partial charge in [0, 0.05) is 17.1 Å². The first kappa shape index (κ1) is 15.0. The number of H-pyrrole nitrogens is 1. The second-order valence-electron chi connectivity index (χ2n) is 5.35. The molecule has 1 N–H and O–H groups in total. The Balaban J connectivity index is 1.81. The zero-order valence-corrected chi connectivity index (χ0v) is 12.7. The van der Waals surface area contributed by atoms with Crippen LogP contribution in [0.15, 0.2) is 24.5 Å². The van der Waals surface area contributed by atoms with Crippen molar-refractivity contribution in [3.63, 3.8) is 0 Å². The molecule has 0 aliphatic carbocycles. The Bertz CT molecular complexity index is 641. The maximum Gasteiger partial charge on any atom is 0.227 e. The SMILES string of the molecule is O=C(Cc1c(F)cccc1Cl)N1CCCC[C@H]1c1ncn[nH]1. The van der Waals surface area contributed by atoms with Crippen LogP contribution in [-0.2, 0) is 11.2 Å². The van der Waals surface area contributed by atoms with Crippen LogP contribution in [0.2, 0.25) is 5.02 Å². The number of hydrogen-bond acceptors (Lipinski definition) is 3. The van der Waals surface area contributed by atoms with Gasteiger partial charge in [0.15, 0.2) is 0 Å². The summed E-state index contributed by atoms with van der Waals surface area (Å²) in [5, 5.41) is 6.95. The van der Waals surface area contributed by atoms with Crippen LogP contribution in [0.4, 0.5) is 4.39 Å². The zero-order valence-electron chi connectivity index (χ0n) is 11.9. The molecule has 1 aromatic carbocycles. The summed E-state index contributed by atoms with van der Waals surface area (Å²) in [5.74, 6) is 0.0786. The molecule has 1 aliphatic heterocycles. The third kappa shape index (κ3) is 2.97. The predicted molar refractivity (Wildman–Crippen MR) is 79.8 cm³/mol. The van der Waals surface area contributed by atoms with E-state index in [9.17, 15) is 9.18 Å². The first-order valence-corrected chi connectivity index (χ1v) is 7.62. The van der Waals surface area contributed by atoms with Gasteiger partial charge in [-0.25, -0.2) is 9.37 Å². The third-order valence-electron chi connectivity index (χ3n) is 3.96. The minimum atomic E-state index is -0.450. The van der Waals surface area contributed by atoms with E-state index in [2.05, 4.69) is 15.2 Å². The maximum atomic E-state index is 13.9. The van der Waals surface area contributed by atoms with Crippen molar-refractivity contribution in [1.82, 2.24) is 20.1 Å². The normalized spacial score (nSPS) is 18.5. The minimum absolute atomic E-state index is 0.0455. The molecule has 0 spiro atoms. The van der Waals surface area contributed by atoms with Crippen molar-refractivity contribution >= 4 is 17.5 Å². The van der Waals surface area contributed by atoms with E-state index in [-0.39, 0.29) is 29.0 Å². The molecule has 22 heavy (non-hydrogen) atoms. The van der Waals surface area contributed by atoms with Crippen molar-refractivity contribution in [2.24, 2.45) is 0 Å². The molecule has 0 radical (unpaired) electrons. The van der Waals surface area contributed by atoms with Gasteiger partial charge in [-0.3, -0.25) is 9.89 Å². The van der Waals surface area contributed by atoms with Crippen LogP contribution < -0.4 is 0 Å². The zero-order chi connectivity index (χ0) is 15.5. The van der Waals surface area contributed by atoms with Gasteiger partial charge in [0.2, 0.25) is 5.91 Å². The van der Waals surface area contributed by atoms with E-state index >= 15 is 0 Å². The highest BCUT2D eigenvalue weighted by Gasteiger charge is 2.30. The summed E-state index contributed by atoms with van der Waals surface area (Å²) in [4.78, 5) is 18.5. The number of halogens is 2. The van der Waals surface area contributed by atoms with Gasteiger partial charge >= 0.3 is 0 Å². The lowest BCUT2D eigenvalue weighted by Crippen LogP contribution is -2.40. The molecule has 7 heteroatoms. The number of benzene rings is 1. The van der Waals surface area contributed by atoms with E-state index in [4.69, 9.17) is 11.6 Å². The number of aromatic amines is 1. The number of rotatable bonds is 3. The average molecular weight is 323 g/mol. The van der Waals surface area contributed by atoms with Crippen LogP contribution in [-0.4, -0.2) is 32.5 Å². The monoisotopic (exact) mass is 322 g/mol. The second kappa shape index (κ2) is 6.44. The fourth-order valence-corrected chi connectivity index (χ4v) is 3.07. The maximum absolute atomic E-state index is 13.9. The highest BCUT2D eigenvalue weighted by atomic mass is 35.5. The molecular formula is C15H16ClFN4O. The minimum Gasteiger partial charge on any atom is -0.332 e. The van der Waals surface area contributed by atoms with Gasteiger partial charge in [-0.2, -0.15) is 5.10 Å². The third-order valence-corrected chi connectivity index (χ3v) is 4.32. The van der Waals surface area contributed by atoms with Crippen molar-refractivity contribution in [2.45, 2.75) is 31.7 Å². The van der Waals surface area contributed by atoms with Crippen LogP contribution >= 0.6 is 11.6 Å². The summed E-state index contributed by atoms with van der Waals surface area (Å²) in [6.07, 6.45) is 4.17. The van der Waals surface area contributed by atoms with Crippen molar-refractivity contribution in [3.05, 3.63) is 46.8 Å². The Morgan fingerprint density at radius 3 is 3.05 bits per heavy atom. The van der Waals surface area contributed by atoms with Crippen LogP contribution in [0, 0.1) is 5.82 Å². The number of piperidine rings is 1. The van der Waals surface area contributed by atoms with Gasteiger partial charge in [-0.1, -0.05) is 17.7 Å². The molecule has 1 aromatic heterocycles. The number of carbonyl (C=O) groups excluding carboxylic acids is 1. The topological polar surface area (TPSA) is 61.9 Å². The molecule has 1 aliphatic rings. The summed E-state index contributed by atoms with van der Waals surface area (Å²) >= 11 is 6.01. The number of amides is 1. The Kier molecular flexibility index (Phi) is 4.38. The fourth-order valence-electron chi connectivity index (χ4n) is 2.84. The van der Waals surface area contributed by atoms with E-state index in [0.717, 1.165) is 19.3 Å². The molecular weight excluding hydrogens is 307 g/mol. The van der Waals surface area contributed by atoms with Gasteiger partial charge in [-0.15, -0.1) is 0 Å². The van der Waals surface area contributed by atoms with E-state index in [1.54, 1.807) is 11.0 Å². The predicted octanol–water partition coefficient (Wildman–Crippen LogP) is 2.89. The lowest BCUT2D eigenvalue weighted by atomic mass is 10.00. The van der Waals surface area contributed by atoms with Crippen molar-refractivity contribution in [3.8, 4) is 0 Å². The Morgan fingerprint density at radius 1 is 1.45 bits per heavy atom. The molecule has 2 aromatic rings. The number of carbonyl (C=O) groups is 1. The molecule has 0 bridgehead atoms. The number of aromatic nitrogens is 3. The molecule has 5 nitrogen and oxygen atoms in total. The van der Waals surface area contributed by atoms with E-state index in [1.165, 1.54) is 18.5 Å². The van der Waals surface area contributed by atoms with E-state index < -0.39 is 5.82 Å². The molecule has 1 saturated heterocycles. The van der Waals surface area contributed by atoms with Gasteiger partial charge < -0.3 is 4.90 Å². The standard InChI is InChI=1S/C15H16ClFN4O/c16-11-4-3-5-12(17)10(11)8-14(22)21-7-2-1-6-13(21)15-18-9-19-20-15/h3-5,9,13H,1-2,6-8H2,(H,18,19,20)/t13-/m0/s1. The van der Waals surface area contributed by atoms with Crippen LogP contribution in [0.3, 0.4) is 0 Å². The quantitative estimate of drug-likeness (QED) is 0.945. The summed E-state index contributed by atoms with van der Waals surface area (Å²) in [6.45, 7) is 0.635. The molecule has 0 unspecified atom stereocenters. The molecule has 1 fully saturated rings.